The summed E-state index contributed by atoms with van der Waals surface area (Å²) in [6.45, 7) is 9.96. The topological polar surface area (TPSA) is 41.5 Å². The van der Waals surface area contributed by atoms with E-state index in [1.54, 1.807) is 0 Å². The van der Waals surface area contributed by atoms with E-state index in [4.69, 9.17) is 4.74 Å². The minimum atomic E-state index is 0.0762. The van der Waals surface area contributed by atoms with Crippen LogP contribution in [0.25, 0.3) is 0 Å². The summed E-state index contributed by atoms with van der Waals surface area (Å²) < 4.78 is 5.78. The largest absolute Gasteiger partial charge is 0.396 e. The van der Waals surface area contributed by atoms with Gasteiger partial charge in [-0.25, -0.2) is 0 Å². The number of ether oxygens (including phenoxy) is 1. The number of nitrogens with one attached hydrogen (secondary N) is 1. The molecule has 0 spiro atoms. The summed E-state index contributed by atoms with van der Waals surface area (Å²) in [4.78, 5) is 0. The van der Waals surface area contributed by atoms with E-state index in [0.29, 0.717) is 24.8 Å². The molecule has 2 fully saturated rings. The number of hydrogen-bond donors (Lipinski definition) is 2. The molecule has 2 saturated carbocycles. The Kier molecular flexibility index (Phi) is 4.05. The van der Waals surface area contributed by atoms with Gasteiger partial charge in [0.2, 0.25) is 0 Å². The van der Waals surface area contributed by atoms with E-state index >= 15 is 0 Å². The van der Waals surface area contributed by atoms with Crippen LogP contribution in [0, 0.1) is 10.8 Å². The third-order valence-electron chi connectivity index (χ3n) is 5.39. The van der Waals surface area contributed by atoms with Crippen LogP contribution in [0.4, 0.5) is 0 Å². The molecule has 2 rings (SSSR count). The highest BCUT2D eigenvalue weighted by Gasteiger charge is 2.51. The van der Waals surface area contributed by atoms with E-state index in [1.807, 2.05) is 0 Å². The van der Waals surface area contributed by atoms with Crippen LogP contribution in [0.2, 0.25) is 0 Å². The molecule has 2 aliphatic carbocycles. The summed E-state index contributed by atoms with van der Waals surface area (Å²) in [6, 6.07) is 0.998. The van der Waals surface area contributed by atoms with Crippen molar-refractivity contribution in [3.63, 3.8) is 0 Å². The Morgan fingerprint density at radius 2 is 2.00 bits per heavy atom. The van der Waals surface area contributed by atoms with Crippen molar-refractivity contribution in [3.05, 3.63) is 0 Å². The van der Waals surface area contributed by atoms with Gasteiger partial charge in [-0.1, -0.05) is 27.2 Å². The van der Waals surface area contributed by atoms with Crippen LogP contribution in [0.5, 0.6) is 0 Å². The molecule has 0 aromatic heterocycles. The first kappa shape index (κ1) is 14.3. The van der Waals surface area contributed by atoms with Gasteiger partial charge in [0.25, 0.3) is 0 Å². The molecule has 0 bridgehead atoms. The highest BCUT2D eigenvalue weighted by molar-refractivity contribution is 5.06. The fourth-order valence-corrected chi connectivity index (χ4v) is 3.60. The smallest absolute Gasteiger partial charge is 0.0655 e. The van der Waals surface area contributed by atoms with E-state index in [-0.39, 0.29) is 10.8 Å². The van der Waals surface area contributed by atoms with E-state index in [2.05, 4.69) is 33.0 Å². The first-order valence-corrected chi connectivity index (χ1v) is 7.42. The predicted molar refractivity (Wildman–Crippen MR) is 73.6 cm³/mol. The lowest BCUT2D eigenvalue weighted by Crippen LogP contribution is -2.64. The zero-order valence-electron chi connectivity index (χ0n) is 12.3. The third kappa shape index (κ3) is 2.33. The Morgan fingerprint density at radius 1 is 1.28 bits per heavy atom. The fourth-order valence-electron chi connectivity index (χ4n) is 3.60. The Morgan fingerprint density at radius 3 is 2.56 bits per heavy atom. The lowest BCUT2D eigenvalue weighted by Gasteiger charge is -2.53. The Bertz CT molecular complexity index is 292. The second-order valence-electron chi connectivity index (χ2n) is 6.98. The lowest BCUT2D eigenvalue weighted by atomic mass is 9.64. The molecule has 0 amide bonds. The van der Waals surface area contributed by atoms with Crippen molar-refractivity contribution >= 4 is 0 Å². The highest BCUT2D eigenvalue weighted by atomic mass is 16.5. The van der Waals surface area contributed by atoms with Gasteiger partial charge < -0.3 is 15.2 Å². The predicted octanol–water partition coefficient (Wildman–Crippen LogP) is 2.33. The van der Waals surface area contributed by atoms with Crippen molar-refractivity contribution in [2.45, 2.75) is 71.6 Å². The molecule has 2 N–H and O–H groups in total. The third-order valence-corrected chi connectivity index (χ3v) is 5.39. The monoisotopic (exact) mass is 255 g/mol. The molecule has 2 aliphatic rings. The van der Waals surface area contributed by atoms with Gasteiger partial charge in [-0.05, 0) is 26.2 Å². The van der Waals surface area contributed by atoms with Crippen molar-refractivity contribution < 1.29 is 9.84 Å². The molecule has 3 nitrogen and oxygen atoms in total. The van der Waals surface area contributed by atoms with Crippen LogP contribution in [0.15, 0.2) is 0 Å². The molecule has 4 atom stereocenters. The number of aliphatic hydroxyl groups excluding tert-OH is 1. The minimum Gasteiger partial charge on any atom is -0.396 e. The van der Waals surface area contributed by atoms with Gasteiger partial charge in [0, 0.05) is 36.1 Å². The number of hydrogen-bond acceptors (Lipinski definition) is 3. The summed E-state index contributed by atoms with van der Waals surface area (Å²) >= 11 is 0. The molecule has 3 heteroatoms. The first-order chi connectivity index (χ1) is 8.44. The first-order valence-electron chi connectivity index (χ1n) is 7.42. The Hall–Kier alpha value is -0.120. The molecule has 0 aromatic rings. The normalized spacial score (nSPS) is 42.8. The molecule has 0 saturated heterocycles. The van der Waals surface area contributed by atoms with Gasteiger partial charge in [-0.3, -0.25) is 0 Å². The van der Waals surface area contributed by atoms with E-state index < -0.39 is 0 Å². The molecule has 0 heterocycles. The average molecular weight is 255 g/mol. The van der Waals surface area contributed by atoms with Crippen LogP contribution in [0.3, 0.4) is 0 Å². The molecule has 0 aromatic carbocycles. The van der Waals surface area contributed by atoms with E-state index in [0.717, 1.165) is 19.4 Å². The maximum absolute atomic E-state index is 9.60. The van der Waals surface area contributed by atoms with E-state index in [9.17, 15) is 5.11 Å². The molecule has 0 radical (unpaired) electrons. The SMILES string of the molecule is CCOC1CC(NC2CCCC2(C)CO)C1(C)C. The maximum atomic E-state index is 9.60. The quantitative estimate of drug-likeness (QED) is 0.792. The highest BCUT2D eigenvalue weighted by Crippen LogP contribution is 2.45. The van der Waals surface area contributed by atoms with Crippen LogP contribution >= 0.6 is 0 Å². The van der Waals surface area contributed by atoms with Crippen molar-refractivity contribution in [1.29, 1.82) is 0 Å². The second kappa shape index (κ2) is 5.10. The molecule has 106 valence electrons. The van der Waals surface area contributed by atoms with Gasteiger partial charge in [-0.2, -0.15) is 0 Å². The van der Waals surface area contributed by atoms with Crippen molar-refractivity contribution in [3.8, 4) is 0 Å². The van der Waals surface area contributed by atoms with Crippen molar-refractivity contribution in [2.75, 3.05) is 13.2 Å². The van der Waals surface area contributed by atoms with Gasteiger partial charge >= 0.3 is 0 Å². The number of aliphatic hydroxyl groups is 1. The van der Waals surface area contributed by atoms with Crippen molar-refractivity contribution in [1.82, 2.24) is 5.32 Å². The summed E-state index contributed by atoms with van der Waals surface area (Å²) in [5, 5.41) is 13.4. The maximum Gasteiger partial charge on any atom is 0.0655 e. The van der Waals surface area contributed by atoms with Gasteiger partial charge in [0.05, 0.1) is 6.10 Å². The summed E-state index contributed by atoms with van der Waals surface area (Å²) in [6.07, 6.45) is 5.07. The van der Waals surface area contributed by atoms with Gasteiger partial charge in [-0.15, -0.1) is 0 Å². The summed E-state index contributed by atoms with van der Waals surface area (Å²) in [5.41, 5.74) is 0.293. The van der Waals surface area contributed by atoms with Crippen LogP contribution < -0.4 is 5.32 Å². The van der Waals surface area contributed by atoms with Gasteiger partial charge in [0.1, 0.15) is 0 Å². The Labute approximate surface area is 111 Å². The summed E-state index contributed by atoms with van der Waals surface area (Å²) in [7, 11) is 0. The second-order valence-corrected chi connectivity index (χ2v) is 6.98. The zero-order chi connectivity index (χ0) is 13.4. The zero-order valence-corrected chi connectivity index (χ0v) is 12.3. The molecule has 18 heavy (non-hydrogen) atoms. The fraction of sp³-hybridized carbons (Fsp3) is 1.00. The summed E-state index contributed by atoms with van der Waals surface area (Å²) in [5.74, 6) is 0. The molecular weight excluding hydrogens is 226 g/mol. The van der Waals surface area contributed by atoms with Crippen LogP contribution in [-0.2, 0) is 4.74 Å². The lowest BCUT2D eigenvalue weighted by molar-refractivity contribution is -0.119. The standard InChI is InChI=1S/C15H29NO2/c1-5-18-13-9-12(14(13,2)3)16-11-7-6-8-15(11,4)10-17/h11-13,16-17H,5-10H2,1-4H3. The van der Waals surface area contributed by atoms with Gasteiger partial charge in [0.15, 0.2) is 0 Å². The number of rotatable bonds is 5. The average Bonchev–Trinajstić information content (AvgIpc) is 2.70. The Balaban J connectivity index is 1.92. The molecular formula is C15H29NO2. The van der Waals surface area contributed by atoms with E-state index in [1.165, 1.54) is 12.8 Å². The molecule has 4 unspecified atom stereocenters. The van der Waals surface area contributed by atoms with Crippen LogP contribution in [0.1, 0.15) is 53.4 Å². The minimum absolute atomic E-state index is 0.0762. The van der Waals surface area contributed by atoms with Crippen molar-refractivity contribution in [2.24, 2.45) is 10.8 Å². The molecule has 0 aliphatic heterocycles. The van der Waals surface area contributed by atoms with Crippen LogP contribution in [-0.4, -0.2) is 36.5 Å².